The highest BCUT2D eigenvalue weighted by atomic mass is 16.5. The molecule has 1 atom stereocenters. The Morgan fingerprint density at radius 2 is 1.49 bits per heavy atom. The van der Waals surface area contributed by atoms with Gasteiger partial charge in [0.1, 0.15) is 29.6 Å². The number of furan rings is 1. The van der Waals surface area contributed by atoms with Crippen LogP contribution in [0.2, 0.25) is 0 Å². The van der Waals surface area contributed by atoms with Crippen LogP contribution in [0.1, 0.15) is 132 Å². The maximum atomic E-state index is 13.6. The van der Waals surface area contributed by atoms with E-state index in [0.29, 0.717) is 43.4 Å². The van der Waals surface area contributed by atoms with Gasteiger partial charge in [-0.15, -0.1) is 0 Å². The predicted molar refractivity (Wildman–Crippen MR) is 185 cm³/mol. The quantitative estimate of drug-likeness (QED) is 0.196. The third kappa shape index (κ3) is 7.20. The molecule has 1 aliphatic heterocycles. The largest absolute Gasteiger partial charge is 0.489 e. The molecule has 0 amide bonds. The van der Waals surface area contributed by atoms with E-state index in [0.717, 1.165) is 40.6 Å². The fourth-order valence-corrected chi connectivity index (χ4v) is 7.87. The summed E-state index contributed by atoms with van der Waals surface area (Å²) in [5.41, 5.74) is 5.59. The lowest BCUT2D eigenvalue weighted by Gasteiger charge is -2.42. The summed E-state index contributed by atoms with van der Waals surface area (Å²) in [5.74, 6) is 3.30. The number of unbranched alkanes of at least 4 members (excludes halogenated alkanes) is 3. The van der Waals surface area contributed by atoms with E-state index in [4.69, 9.17) is 13.9 Å². The SMILES string of the molecule is CCCCCCC(c1ccco1)c1ccc(COc2ccc(C3C4=C(CC(C)(C)CC4=O)OC4=C3C(=O)CC(C)(C)C4)cc2)cc1C. The summed E-state index contributed by atoms with van der Waals surface area (Å²) in [4.78, 5) is 27.2. The third-order valence-electron chi connectivity index (χ3n) is 10.1. The minimum atomic E-state index is -0.394. The molecule has 0 N–H and O–H groups in total. The minimum Gasteiger partial charge on any atom is -0.489 e. The van der Waals surface area contributed by atoms with Crippen molar-refractivity contribution in [2.24, 2.45) is 10.8 Å². The minimum absolute atomic E-state index is 0.0832. The summed E-state index contributed by atoms with van der Waals surface area (Å²) in [6.07, 6.45) is 10.1. The van der Waals surface area contributed by atoms with Crippen LogP contribution in [0, 0.1) is 17.8 Å². The van der Waals surface area contributed by atoms with Crippen LogP contribution in [0.4, 0.5) is 0 Å². The first kappa shape index (κ1) is 33.1. The van der Waals surface area contributed by atoms with Gasteiger partial charge in [0.05, 0.1) is 6.26 Å². The second-order valence-corrected chi connectivity index (χ2v) is 15.6. The average molecular weight is 635 g/mol. The molecule has 2 aliphatic carbocycles. The zero-order chi connectivity index (χ0) is 33.3. The van der Waals surface area contributed by atoms with Gasteiger partial charge in [-0.3, -0.25) is 9.59 Å². The molecule has 5 nitrogen and oxygen atoms in total. The van der Waals surface area contributed by atoms with Crippen molar-refractivity contribution < 1.29 is 23.5 Å². The molecule has 0 spiro atoms. The first-order chi connectivity index (χ1) is 22.4. The molecule has 3 aromatic rings. The van der Waals surface area contributed by atoms with E-state index in [1.165, 1.54) is 36.8 Å². The van der Waals surface area contributed by atoms with E-state index in [1.807, 2.05) is 30.3 Å². The van der Waals surface area contributed by atoms with Gasteiger partial charge in [0.15, 0.2) is 11.6 Å². The van der Waals surface area contributed by atoms with Crippen LogP contribution in [0.15, 0.2) is 87.9 Å². The zero-order valence-electron chi connectivity index (χ0n) is 29.0. The Kier molecular flexibility index (Phi) is 9.38. The van der Waals surface area contributed by atoms with E-state index >= 15 is 0 Å². The maximum Gasteiger partial charge on any atom is 0.163 e. The summed E-state index contributed by atoms with van der Waals surface area (Å²) in [6.45, 7) is 13.3. The average Bonchev–Trinajstić information content (AvgIpc) is 3.53. The van der Waals surface area contributed by atoms with Gasteiger partial charge in [0.2, 0.25) is 0 Å². The Morgan fingerprint density at radius 1 is 0.830 bits per heavy atom. The zero-order valence-corrected chi connectivity index (χ0v) is 29.0. The summed E-state index contributed by atoms with van der Waals surface area (Å²) < 4.78 is 18.6. The van der Waals surface area contributed by atoms with Crippen molar-refractivity contribution >= 4 is 11.6 Å². The van der Waals surface area contributed by atoms with Crippen LogP contribution in [-0.2, 0) is 20.9 Å². The van der Waals surface area contributed by atoms with Crippen LogP contribution >= 0.6 is 0 Å². The lowest BCUT2D eigenvalue weighted by Crippen LogP contribution is -2.37. The smallest absolute Gasteiger partial charge is 0.163 e. The van der Waals surface area contributed by atoms with Crippen molar-refractivity contribution in [3.8, 4) is 5.75 Å². The second-order valence-electron chi connectivity index (χ2n) is 15.6. The van der Waals surface area contributed by atoms with Crippen molar-refractivity contribution in [3.05, 3.63) is 112 Å². The van der Waals surface area contributed by atoms with Crippen molar-refractivity contribution in [1.29, 1.82) is 0 Å². The number of ether oxygens (including phenoxy) is 2. The highest BCUT2D eigenvalue weighted by molar-refractivity contribution is 6.06. The molecule has 3 aliphatic rings. The number of carbonyl (C=O) groups excluding carboxylic acids is 2. The topological polar surface area (TPSA) is 65.7 Å². The molecular weight excluding hydrogens is 584 g/mol. The summed E-state index contributed by atoms with van der Waals surface area (Å²) in [6, 6.07) is 18.6. The lowest BCUT2D eigenvalue weighted by atomic mass is 9.65. The fourth-order valence-electron chi connectivity index (χ4n) is 7.87. The number of allylic oxidation sites excluding steroid dienone is 4. The Bertz CT molecular complexity index is 1630. The van der Waals surface area contributed by atoms with Gasteiger partial charge in [0, 0.05) is 48.7 Å². The third-order valence-corrected chi connectivity index (χ3v) is 10.1. The number of carbonyl (C=O) groups is 2. The molecule has 0 bridgehead atoms. The van der Waals surface area contributed by atoms with Crippen LogP contribution < -0.4 is 4.74 Å². The number of aryl methyl sites for hydroxylation is 1. The Labute approximate surface area is 280 Å². The van der Waals surface area contributed by atoms with E-state index in [1.54, 1.807) is 6.26 Å². The van der Waals surface area contributed by atoms with Crippen molar-refractivity contribution in [1.82, 2.24) is 0 Å². The van der Waals surface area contributed by atoms with Gasteiger partial charge in [-0.2, -0.15) is 0 Å². The number of Topliss-reactive ketones (excluding diaryl/α,β-unsaturated/α-hetero) is 2. The molecule has 1 unspecified atom stereocenters. The first-order valence-electron chi connectivity index (χ1n) is 17.5. The molecule has 2 aromatic carbocycles. The summed E-state index contributed by atoms with van der Waals surface area (Å²) >= 11 is 0. The van der Waals surface area contributed by atoms with E-state index in [-0.39, 0.29) is 28.3 Å². The van der Waals surface area contributed by atoms with E-state index in [9.17, 15) is 9.59 Å². The number of rotatable bonds is 11. The maximum absolute atomic E-state index is 13.6. The van der Waals surface area contributed by atoms with Crippen LogP contribution in [0.3, 0.4) is 0 Å². The highest BCUT2D eigenvalue weighted by Gasteiger charge is 2.47. The van der Waals surface area contributed by atoms with Crippen LogP contribution in [-0.4, -0.2) is 11.6 Å². The molecule has 5 heteroatoms. The molecule has 2 heterocycles. The molecule has 248 valence electrons. The lowest BCUT2D eigenvalue weighted by molar-refractivity contribution is -0.120. The molecule has 0 saturated heterocycles. The molecule has 0 saturated carbocycles. The molecule has 0 fully saturated rings. The fraction of sp³-hybridized carbons (Fsp3) is 0.476. The first-order valence-corrected chi connectivity index (χ1v) is 17.5. The van der Waals surface area contributed by atoms with Crippen LogP contribution in [0.25, 0.3) is 0 Å². The normalized spacial score (nSPS) is 19.7. The monoisotopic (exact) mass is 634 g/mol. The molecule has 6 rings (SSSR count). The molecule has 1 aromatic heterocycles. The number of ketones is 2. The number of hydrogen-bond acceptors (Lipinski definition) is 5. The molecular formula is C42H50O5. The van der Waals surface area contributed by atoms with Gasteiger partial charge in [-0.1, -0.05) is 90.6 Å². The predicted octanol–water partition coefficient (Wildman–Crippen LogP) is 10.7. The van der Waals surface area contributed by atoms with Gasteiger partial charge >= 0.3 is 0 Å². The van der Waals surface area contributed by atoms with E-state index < -0.39 is 5.92 Å². The van der Waals surface area contributed by atoms with Gasteiger partial charge in [0.25, 0.3) is 0 Å². The van der Waals surface area contributed by atoms with Crippen molar-refractivity contribution in [2.75, 3.05) is 0 Å². The highest BCUT2D eigenvalue weighted by Crippen LogP contribution is 2.53. The van der Waals surface area contributed by atoms with Gasteiger partial charge in [-0.25, -0.2) is 0 Å². The van der Waals surface area contributed by atoms with Crippen LogP contribution in [0.5, 0.6) is 5.75 Å². The van der Waals surface area contributed by atoms with Crippen molar-refractivity contribution in [3.63, 3.8) is 0 Å². The molecule has 47 heavy (non-hydrogen) atoms. The Morgan fingerprint density at radius 3 is 2.06 bits per heavy atom. The summed E-state index contributed by atoms with van der Waals surface area (Å²) in [5, 5.41) is 0. The Balaban J connectivity index is 1.20. The van der Waals surface area contributed by atoms with Crippen molar-refractivity contribution in [2.45, 2.75) is 118 Å². The number of hydrogen-bond donors (Lipinski definition) is 0. The molecule has 0 radical (unpaired) electrons. The van der Waals surface area contributed by atoms with Gasteiger partial charge < -0.3 is 13.9 Å². The number of benzene rings is 2. The second kappa shape index (κ2) is 13.3. The van der Waals surface area contributed by atoms with Gasteiger partial charge in [-0.05, 0) is 70.7 Å². The van der Waals surface area contributed by atoms with E-state index in [2.05, 4.69) is 65.8 Å². The summed E-state index contributed by atoms with van der Waals surface area (Å²) in [7, 11) is 0. The Hall–Kier alpha value is -3.86. The standard InChI is InChI=1S/C42H50O5/c1-7-8-9-10-12-32(35-13-11-20-45-35)31-19-14-28(21-27(31)2)26-46-30-17-15-29(16-18-30)38-39-33(43)22-41(3,4)24-36(39)47-37-25-42(5,6)23-34(44)40(37)38/h11,13-21,32,38H,7-10,12,22-26H2,1-6H3.